The Kier molecular flexibility index (Phi) is 3.01. The lowest BCUT2D eigenvalue weighted by Crippen LogP contribution is -1.91. The minimum absolute atomic E-state index is 0.120. The molecule has 0 spiro atoms. The fraction of sp³-hybridized carbons (Fsp3) is 0. The lowest BCUT2D eigenvalue weighted by Gasteiger charge is -2.04. The second kappa shape index (κ2) is 4.45. The van der Waals surface area contributed by atoms with E-state index in [9.17, 15) is 10.1 Å². The topological polar surface area (TPSA) is 43.1 Å². The van der Waals surface area contributed by atoms with Gasteiger partial charge in [-0.25, -0.2) is 0 Å². The van der Waals surface area contributed by atoms with Crippen molar-refractivity contribution in [1.29, 1.82) is 0 Å². The van der Waals surface area contributed by atoms with Gasteiger partial charge in [0.1, 0.15) is 0 Å². The Hall–Kier alpha value is -1.68. The molecule has 0 unspecified atom stereocenters. The molecule has 0 N–H and O–H groups in total. The molecule has 0 aliphatic carbocycles. The van der Waals surface area contributed by atoms with Crippen molar-refractivity contribution in [2.24, 2.45) is 0 Å². The number of benzene rings is 2. The van der Waals surface area contributed by atoms with Gasteiger partial charge in [0.2, 0.25) is 0 Å². The lowest BCUT2D eigenvalue weighted by atomic mass is 10.0. The molecule has 0 aliphatic heterocycles. The fourth-order valence-electron chi connectivity index (χ4n) is 1.54. The Balaban J connectivity index is 2.65. The van der Waals surface area contributed by atoms with Crippen molar-refractivity contribution >= 4 is 21.6 Å². The molecule has 0 bridgehead atoms. The van der Waals surface area contributed by atoms with E-state index in [0.29, 0.717) is 5.56 Å². The smallest absolute Gasteiger partial charge is 0.258 e. The molecule has 3 nitrogen and oxygen atoms in total. The number of nitro benzene ring substituents is 1. The summed E-state index contributed by atoms with van der Waals surface area (Å²) < 4.78 is 0.851. The number of para-hydroxylation sites is 1. The highest BCUT2D eigenvalue weighted by atomic mass is 79.9. The van der Waals surface area contributed by atoms with Crippen LogP contribution in [0, 0.1) is 10.1 Å². The molecular formula is C12H8BrNO2. The maximum absolute atomic E-state index is 10.9. The number of hydrogen-bond acceptors (Lipinski definition) is 2. The average Bonchev–Trinajstić information content (AvgIpc) is 2.29. The van der Waals surface area contributed by atoms with Crippen molar-refractivity contribution in [2.75, 3.05) is 0 Å². The summed E-state index contributed by atoms with van der Waals surface area (Å²) in [6.07, 6.45) is 0. The van der Waals surface area contributed by atoms with Gasteiger partial charge >= 0.3 is 0 Å². The predicted molar refractivity (Wildman–Crippen MR) is 66.2 cm³/mol. The lowest BCUT2D eigenvalue weighted by molar-refractivity contribution is -0.384. The standard InChI is InChI=1S/C12H8BrNO2/c13-11-7-3-1-5-9(11)10-6-2-4-8-12(10)14(15)16/h1-8H. The average molecular weight is 278 g/mol. The summed E-state index contributed by atoms with van der Waals surface area (Å²) in [5.74, 6) is 0. The third kappa shape index (κ3) is 1.97. The number of halogens is 1. The van der Waals surface area contributed by atoms with Crippen molar-refractivity contribution in [3.05, 3.63) is 63.1 Å². The molecule has 2 aromatic rings. The normalized spacial score (nSPS) is 10.1. The molecule has 4 heteroatoms. The number of nitrogens with zero attached hydrogens (tertiary/aromatic N) is 1. The van der Waals surface area contributed by atoms with Gasteiger partial charge in [-0.2, -0.15) is 0 Å². The van der Waals surface area contributed by atoms with Gasteiger partial charge in [-0.05, 0) is 12.1 Å². The Morgan fingerprint density at radius 2 is 1.50 bits per heavy atom. The maximum Gasteiger partial charge on any atom is 0.277 e. The Morgan fingerprint density at radius 1 is 0.938 bits per heavy atom. The van der Waals surface area contributed by atoms with Gasteiger partial charge in [-0.15, -0.1) is 0 Å². The van der Waals surface area contributed by atoms with Crippen LogP contribution in [-0.2, 0) is 0 Å². The van der Waals surface area contributed by atoms with Gasteiger partial charge in [0.05, 0.1) is 10.5 Å². The second-order valence-electron chi connectivity index (χ2n) is 3.25. The summed E-state index contributed by atoms with van der Waals surface area (Å²) in [7, 11) is 0. The Morgan fingerprint density at radius 3 is 2.12 bits per heavy atom. The zero-order chi connectivity index (χ0) is 11.5. The van der Waals surface area contributed by atoms with Crippen molar-refractivity contribution in [1.82, 2.24) is 0 Å². The highest BCUT2D eigenvalue weighted by Gasteiger charge is 2.15. The molecule has 0 aliphatic rings. The van der Waals surface area contributed by atoms with E-state index < -0.39 is 0 Å². The summed E-state index contributed by atoms with van der Waals surface area (Å²) >= 11 is 3.39. The molecule has 0 radical (unpaired) electrons. The highest BCUT2D eigenvalue weighted by Crippen LogP contribution is 2.34. The number of hydrogen-bond donors (Lipinski definition) is 0. The van der Waals surface area contributed by atoms with E-state index in [1.165, 1.54) is 6.07 Å². The minimum Gasteiger partial charge on any atom is -0.258 e. The molecule has 2 rings (SSSR count). The molecule has 0 amide bonds. The Labute approximate surface area is 101 Å². The molecule has 0 heterocycles. The number of rotatable bonds is 2. The SMILES string of the molecule is O=[N+]([O-])c1ccccc1-c1ccccc1Br. The molecule has 0 saturated heterocycles. The molecule has 80 valence electrons. The highest BCUT2D eigenvalue weighted by molar-refractivity contribution is 9.10. The third-order valence-corrected chi connectivity index (χ3v) is 2.96. The quantitative estimate of drug-likeness (QED) is 0.615. The summed E-state index contributed by atoms with van der Waals surface area (Å²) in [6.45, 7) is 0. The maximum atomic E-state index is 10.9. The molecule has 0 fully saturated rings. The van der Waals surface area contributed by atoms with Gasteiger partial charge in [0, 0.05) is 16.1 Å². The van der Waals surface area contributed by atoms with Gasteiger partial charge < -0.3 is 0 Å². The van der Waals surface area contributed by atoms with Gasteiger partial charge in [0.25, 0.3) is 5.69 Å². The van der Waals surface area contributed by atoms with E-state index in [-0.39, 0.29) is 10.6 Å². The minimum atomic E-state index is -0.366. The van der Waals surface area contributed by atoms with Crippen LogP contribution in [-0.4, -0.2) is 4.92 Å². The molecule has 0 aromatic heterocycles. The van der Waals surface area contributed by atoms with Crippen LogP contribution in [0.1, 0.15) is 0 Å². The summed E-state index contributed by atoms with van der Waals surface area (Å²) in [4.78, 5) is 10.5. The van der Waals surface area contributed by atoms with Crippen LogP contribution in [0.15, 0.2) is 53.0 Å². The first-order chi connectivity index (χ1) is 7.70. The van der Waals surface area contributed by atoms with E-state index in [4.69, 9.17) is 0 Å². The summed E-state index contributed by atoms with van der Waals surface area (Å²) in [6, 6.07) is 14.2. The van der Waals surface area contributed by atoms with Crippen molar-refractivity contribution in [2.45, 2.75) is 0 Å². The van der Waals surface area contributed by atoms with Crippen LogP contribution in [0.25, 0.3) is 11.1 Å². The van der Waals surface area contributed by atoms with E-state index in [0.717, 1.165) is 10.0 Å². The second-order valence-corrected chi connectivity index (χ2v) is 4.11. The molecule has 2 aromatic carbocycles. The van der Waals surface area contributed by atoms with Crippen molar-refractivity contribution < 1.29 is 4.92 Å². The predicted octanol–water partition coefficient (Wildman–Crippen LogP) is 4.02. The molecule has 0 saturated carbocycles. The zero-order valence-corrected chi connectivity index (χ0v) is 9.85. The van der Waals surface area contributed by atoms with E-state index in [1.54, 1.807) is 18.2 Å². The molecule has 16 heavy (non-hydrogen) atoms. The van der Waals surface area contributed by atoms with E-state index >= 15 is 0 Å². The first-order valence-electron chi connectivity index (χ1n) is 4.68. The van der Waals surface area contributed by atoms with E-state index in [1.807, 2.05) is 24.3 Å². The fourth-order valence-corrected chi connectivity index (χ4v) is 2.04. The van der Waals surface area contributed by atoms with Gasteiger partial charge in [0.15, 0.2) is 0 Å². The monoisotopic (exact) mass is 277 g/mol. The largest absolute Gasteiger partial charge is 0.277 e. The van der Waals surface area contributed by atoms with Crippen molar-refractivity contribution in [3.63, 3.8) is 0 Å². The number of nitro groups is 1. The molecular weight excluding hydrogens is 270 g/mol. The van der Waals surface area contributed by atoms with Crippen LogP contribution < -0.4 is 0 Å². The summed E-state index contributed by atoms with van der Waals surface area (Å²) in [5, 5.41) is 10.9. The van der Waals surface area contributed by atoms with Crippen LogP contribution >= 0.6 is 15.9 Å². The first kappa shape index (κ1) is 10.8. The third-order valence-electron chi connectivity index (χ3n) is 2.26. The van der Waals surface area contributed by atoms with E-state index in [2.05, 4.69) is 15.9 Å². The van der Waals surface area contributed by atoms with Gasteiger partial charge in [-0.3, -0.25) is 10.1 Å². The Bertz CT molecular complexity index is 540. The van der Waals surface area contributed by atoms with Crippen LogP contribution in [0.3, 0.4) is 0 Å². The zero-order valence-electron chi connectivity index (χ0n) is 8.26. The van der Waals surface area contributed by atoms with Gasteiger partial charge in [-0.1, -0.05) is 46.3 Å². The molecule has 0 atom stereocenters. The van der Waals surface area contributed by atoms with Crippen LogP contribution in [0.2, 0.25) is 0 Å². The first-order valence-corrected chi connectivity index (χ1v) is 5.48. The van der Waals surface area contributed by atoms with Crippen molar-refractivity contribution in [3.8, 4) is 11.1 Å². The van der Waals surface area contributed by atoms with Crippen LogP contribution in [0.5, 0.6) is 0 Å². The summed E-state index contributed by atoms with van der Waals surface area (Å²) in [5.41, 5.74) is 1.57. The van der Waals surface area contributed by atoms with Crippen LogP contribution in [0.4, 0.5) is 5.69 Å².